The molecule has 4 aliphatic rings. The summed E-state index contributed by atoms with van der Waals surface area (Å²) in [5.41, 5.74) is 0.620. The molecule has 4 fully saturated rings. The third kappa shape index (κ3) is 3.90. The van der Waals surface area contributed by atoms with E-state index in [9.17, 15) is 9.90 Å². The van der Waals surface area contributed by atoms with Gasteiger partial charge in [0.1, 0.15) is 6.10 Å². The highest BCUT2D eigenvalue weighted by molar-refractivity contribution is 5.69. The van der Waals surface area contributed by atoms with Crippen molar-refractivity contribution in [1.82, 2.24) is 0 Å². The Morgan fingerprint density at radius 3 is 2.48 bits per heavy atom. The summed E-state index contributed by atoms with van der Waals surface area (Å²) >= 11 is 0. The Hall–Kier alpha value is -0.570. The number of unbranched alkanes of at least 4 members (excludes halogenated alkanes) is 3. The second-order valence-electron chi connectivity index (χ2n) is 11.5. The van der Waals surface area contributed by atoms with E-state index in [1.807, 2.05) is 0 Å². The molecule has 166 valence electrons. The summed E-state index contributed by atoms with van der Waals surface area (Å²) in [5.74, 6) is 3.11. The van der Waals surface area contributed by atoms with Gasteiger partial charge < -0.3 is 9.84 Å². The number of rotatable bonds is 6. The Labute approximate surface area is 178 Å². The molecule has 0 saturated heterocycles. The molecule has 1 N–H and O–H groups in total. The molecule has 0 aromatic carbocycles. The monoisotopic (exact) mass is 404 g/mol. The van der Waals surface area contributed by atoms with Crippen LogP contribution in [0.4, 0.5) is 0 Å². The van der Waals surface area contributed by atoms with Gasteiger partial charge in [-0.25, -0.2) is 0 Å². The van der Waals surface area contributed by atoms with Gasteiger partial charge in [-0.1, -0.05) is 40.0 Å². The van der Waals surface area contributed by atoms with Crippen molar-refractivity contribution in [2.45, 2.75) is 123 Å². The van der Waals surface area contributed by atoms with E-state index in [1.165, 1.54) is 51.4 Å². The van der Waals surface area contributed by atoms with Gasteiger partial charge in [-0.2, -0.15) is 0 Å². The summed E-state index contributed by atoms with van der Waals surface area (Å²) < 4.78 is 6.12. The summed E-state index contributed by atoms with van der Waals surface area (Å²) in [6.07, 6.45) is 15.9. The van der Waals surface area contributed by atoms with Gasteiger partial charge in [0.15, 0.2) is 0 Å². The van der Waals surface area contributed by atoms with Crippen LogP contribution >= 0.6 is 0 Å². The minimum absolute atomic E-state index is 0.0482. The van der Waals surface area contributed by atoms with Gasteiger partial charge >= 0.3 is 5.97 Å². The van der Waals surface area contributed by atoms with Crippen LogP contribution in [0.3, 0.4) is 0 Å². The van der Waals surface area contributed by atoms with Gasteiger partial charge in [-0.15, -0.1) is 0 Å². The standard InChI is InChI=1S/C26H44O3/c1-4-5-6-7-8-24(28)29-23-12-11-21-20-10-9-18-17-19(27)13-15-25(18,2)22(20)14-16-26(21,23)3/h18-23,27H,4-17H2,1-3H3/t18-,19-,20-,21-,22-,23-,25-,26-/m0/s1. The molecule has 0 unspecified atom stereocenters. The molecule has 3 nitrogen and oxygen atoms in total. The predicted octanol–water partition coefficient (Wildman–Crippen LogP) is 6.27. The maximum absolute atomic E-state index is 12.5. The summed E-state index contributed by atoms with van der Waals surface area (Å²) in [7, 11) is 0. The minimum Gasteiger partial charge on any atom is -0.462 e. The van der Waals surface area contributed by atoms with E-state index < -0.39 is 0 Å². The van der Waals surface area contributed by atoms with Crippen LogP contribution in [0.25, 0.3) is 0 Å². The van der Waals surface area contributed by atoms with Crippen molar-refractivity contribution in [3.8, 4) is 0 Å². The fourth-order valence-corrected chi connectivity index (χ4v) is 8.29. The second-order valence-corrected chi connectivity index (χ2v) is 11.5. The van der Waals surface area contributed by atoms with E-state index in [2.05, 4.69) is 20.8 Å². The van der Waals surface area contributed by atoms with E-state index in [0.29, 0.717) is 11.8 Å². The lowest BCUT2D eigenvalue weighted by molar-refractivity contribution is -0.165. The van der Waals surface area contributed by atoms with Gasteiger partial charge in [-0.05, 0) is 93.3 Å². The van der Waals surface area contributed by atoms with E-state index >= 15 is 0 Å². The van der Waals surface area contributed by atoms with Crippen molar-refractivity contribution >= 4 is 5.97 Å². The van der Waals surface area contributed by atoms with E-state index in [4.69, 9.17) is 4.74 Å². The first-order valence-corrected chi connectivity index (χ1v) is 12.8. The van der Waals surface area contributed by atoms with Gasteiger partial charge in [-0.3, -0.25) is 4.79 Å². The smallest absolute Gasteiger partial charge is 0.306 e. The lowest BCUT2D eigenvalue weighted by atomic mass is 9.45. The Morgan fingerprint density at radius 1 is 0.931 bits per heavy atom. The Bertz CT molecular complexity index is 589. The van der Waals surface area contributed by atoms with Gasteiger partial charge in [0.05, 0.1) is 6.10 Å². The predicted molar refractivity (Wildman–Crippen MR) is 116 cm³/mol. The maximum Gasteiger partial charge on any atom is 0.306 e. The van der Waals surface area contributed by atoms with Crippen LogP contribution in [0.5, 0.6) is 0 Å². The van der Waals surface area contributed by atoms with Crippen LogP contribution in [-0.2, 0) is 9.53 Å². The van der Waals surface area contributed by atoms with Crippen LogP contribution in [0.15, 0.2) is 0 Å². The number of hydrogen-bond acceptors (Lipinski definition) is 3. The van der Waals surface area contributed by atoms with Crippen molar-refractivity contribution in [2.75, 3.05) is 0 Å². The van der Waals surface area contributed by atoms with E-state index in [1.54, 1.807) is 0 Å². The van der Waals surface area contributed by atoms with E-state index in [-0.39, 0.29) is 23.6 Å². The number of aliphatic hydroxyl groups is 1. The normalized spacial score (nSPS) is 46.5. The number of carbonyl (C=O) groups excluding carboxylic acids is 1. The summed E-state index contributed by atoms with van der Waals surface area (Å²) in [6, 6.07) is 0. The zero-order valence-corrected chi connectivity index (χ0v) is 19.1. The van der Waals surface area contributed by atoms with Gasteiger partial charge in [0.25, 0.3) is 0 Å². The molecule has 3 heteroatoms. The molecule has 0 bridgehead atoms. The van der Waals surface area contributed by atoms with Crippen LogP contribution in [0.2, 0.25) is 0 Å². The molecule has 0 spiro atoms. The zero-order valence-electron chi connectivity index (χ0n) is 19.1. The summed E-state index contributed by atoms with van der Waals surface area (Å²) in [4.78, 5) is 12.5. The third-order valence-corrected chi connectivity index (χ3v) is 10.1. The fraction of sp³-hybridized carbons (Fsp3) is 0.962. The molecule has 4 saturated carbocycles. The van der Waals surface area contributed by atoms with Gasteiger partial charge in [0, 0.05) is 11.8 Å². The third-order valence-electron chi connectivity index (χ3n) is 10.1. The van der Waals surface area contributed by atoms with Crippen LogP contribution in [-0.4, -0.2) is 23.3 Å². The van der Waals surface area contributed by atoms with Crippen molar-refractivity contribution in [2.24, 2.45) is 34.5 Å². The summed E-state index contributed by atoms with van der Waals surface area (Å²) in [5, 5.41) is 10.2. The fourth-order valence-electron chi connectivity index (χ4n) is 8.29. The number of carbonyl (C=O) groups is 1. The molecule has 0 radical (unpaired) electrons. The van der Waals surface area contributed by atoms with E-state index in [0.717, 1.165) is 55.8 Å². The molecule has 0 aromatic rings. The molecule has 4 rings (SSSR count). The molecule has 0 aromatic heterocycles. The molecule has 4 aliphatic carbocycles. The lowest BCUT2D eigenvalue weighted by Gasteiger charge is -2.60. The number of fused-ring (bicyclic) bond motifs is 5. The quantitative estimate of drug-likeness (QED) is 0.419. The topological polar surface area (TPSA) is 46.5 Å². The number of aliphatic hydroxyl groups excluding tert-OH is 1. The molecular formula is C26H44O3. The molecule has 0 amide bonds. The van der Waals surface area contributed by atoms with Crippen LogP contribution < -0.4 is 0 Å². The van der Waals surface area contributed by atoms with Crippen molar-refractivity contribution in [3.63, 3.8) is 0 Å². The minimum atomic E-state index is -0.0638. The number of hydrogen-bond donors (Lipinski definition) is 1. The van der Waals surface area contributed by atoms with Crippen molar-refractivity contribution < 1.29 is 14.6 Å². The first kappa shape index (κ1) is 21.7. The average Bonchev–Trinajstić information content (AvgIpc) is 3.02. The zero-order chi connectivity index (χ0) is 20.6. The molecule has 29 heavy (non-hydrogen) atoms. The lowest BCUT2D eigenvalue weighted by Crippen LogP contribution is -2.54. The first-order valence-electron chi connectivity index (χ1n) is 12.8. The van der Waals surface area contributed by atoms with Crippen molar-refractivity contribution in [3.05, 3.63) is 0 Å². The number of ether oxygens (including phenoxy) is 1. The Kier molecular flexibility index (Phi) is 6.36. The van der Waals surface area contributed by atoms with Gasteiger partial charge in [0.2, 0.25) is 0 Å². The summed E-state index contributed by atoms with van der Waals surface area (Å²) in [6.45, 7) is 7.19. The van der Waals surface area contributed by atoms with Crippen LogP contribution in [0.1, 0.15) is 111 Å². The Morgan fingerprint density at radius 2 is 1.69 bits per heavy atom. The largest absolute Gasteiger partial charge is 0.462 e. The highest BCUT2D eigenvalue weighted by atomic mass is 16.5. The van der Waals surface area contributed by atoms with Crippen LogP contribution in [0, 0.1) is 34.5 Å². The Balaban J connectivity index is 1.40. The molecular weight excluding hydrogens is 360 g/mol. The molecule has 8 atom stereocenters. The highest BCUT2D eigenvalue weighted by Gasteiger charge is 2.61. The SMILES string of the molecule is CCCCCCC(=O)O[C@H]1CC[C@H]2[C@@H]3CC[C@H]4C[C@@H](O)CC[C@]4(C)[C@H]3CC[C@]12C. The number of esters is 1. The molecule has 0 heterocycles. The maximum atomic E-state index is 12.5. The first-order chi connectivity index (χ1) is 13.9. The van der Waals surface area contributed by atoms with Crippen molar-refractivity contribution in [1.29, 1.82) is 0 Å². The average molecular weight is 405 g/mol. The molecule has 0 aliphatic heterocycles. The highest BCUT2D eigenvalue weighted by Crippen LogP contribution is 2.66. The second kappa shape index (κ2) is 8.52.